The molecular formula is C22H29F3IN3O2. The molecule has 172 valence electrons. The second-order valence-corrected chi connectivity index (χ2v) is 7.02. The molecule has 1 aliphatic carbocycles. The van der Waals surface area contributed by atoms with E-state index in [1.54, 1.807) is 6.92 Å². The average molecular weight is 551 g/mol. The molecule has 0 saturated heterocycles. The van der Waals surface area contributed by atoms with Gasteiger partial charge in [0.05, 0.1) is 18.1 Å². The number of guanidine groups is 1. The molecular weight excluding hydrogens is 522 g/mol. The molecule has 0 heterocycles. The van der Waals surface area contributed by atoms with E-state index >= 15 is 0 Å². The molecule has 1 aromatic carbocycles. The molecule has 2 N–H and O–H groups in total. The van der Waals surface area contributed by atoms with Crippen molar-refractivity contribution < 1.29 is 22.7 Å². The monoisotopic (exact) mass is 551 g/mol. The van der Waals surface area contributed by atoms with Gasteiger partial charge in [-0.3, -0.25) is 4.79 Å². The number of nitrogens with one attached hydrogen (secondary N) is 2. The fourth-order valence-electron chi connectivity index (χ4n) is 3.28. The molecule has 1 saturated carbocycles. The lowest BCUT2D eigenvalue weighted by Gasteiger charge is -2.29. The Balaban J connectivity index is 0.00000480. The third-order valence-electron chi connectivity index (χ3n) is 4.77. The normalized spacial score (nSPS) is 18.8. The Bertz CT molecular complexity index is 795. The lowest BCUT2D eigenvalue weighted by atomic mass is 9.86. The van der Waals surface area contributed by atoms with E-state index in [1.807, 2.05) is 6.92 Å². The molecule has 0 bridgehead atoms. The predicted octanol–water partition coefficient (Wildman–Crippen LogP) is 4.35. The molecule has 1 fully saturated rings. The Morgan fingerprint density at radius 3 is 2.55 bits per heavy atom. The van der Waals surface area contributed by atoms with Crippen LogP contribution in [0.1, 0.15) is 50.7 Å². The van der Waals surface area contributed by atoms with E-state index in [4.69, 9.17) is 4.74 Å². The molecule has 5 nitrogen and oxygen atoms in total. The molecule has 0 aliphatic heterocycles. The van der Waals surface area contributed by atoms with Crippen molar-refractivity contribution in [3.05, 3.63) is 35.4 Å². The highest BCUT2D eigenvalue weighted by Crippen LogP contribution is 2.29. The topological polar surface area (TPSA) is 62.7 Å². The van der Waals surface area contributed by atoms with Gasteiger partial charge >= 0.3 is 12.1 Å². The van der Waals surface area contributed by atoms with Crippen molar-refractivity contribution in [3.63, 3.8) is 0 Å². The van der Waals surface area contributed by atoms with Gasteiger partial charge in [0.1, 0.15) is 6.54 Å². The molecule has 0 aromatic heterocycles. The molecule has 1 aromatic rings. The van der Waals surface area contributed by atoms with E-state index in [1.165, 1.54) is 12.1 Å². The summed E-state index contributed by atoms with van der Waals surface area (Å²) in [6.45, 7) is 4.98. The second kappa shape index (κ2) is 13.5. The van der Waals surface area contributed by atoms with E-state index in [9.17, 15) is 18.0 Å². The van der Waals surface area contributed by atoms with Crippen molar-refractivity contribution in [2.24, 2.45) is 10.9 Å². The quantitative estimate of drug-likeness (QED) is 0.188. The van der Waals surface area contributed by atoms with Crippen LogP contribution in [0, 0.1) is 17.8 Å². The summed E-state index contributed by atoms with van der Waals surface area (Å²) in [5, 5.41) is 6.49. The van der Waals surface area contributed by atoms with Crippen LogP contribution in [-0.2, 0) is 15.7 Å². The summed E-state index contributed by atoms with van der Waals surface area (Å²) >= 11 is 0. The lowest BCUT2D eigenvalue weighted by molar-refractivity contribution is -0.149. The van der Waals surface area contributed by atoms with Crippen molar-refractivity contribution in [3.8, 4) is 11.8 Å². The first-order chi connectivity index (χ1) is 14.3. The zero-order chi connectivity index (χ0) is 22.0. The lowest BCUT2D eigenvalue weighted by Crippen LogP contribution is -2.45. The Labute approximate surface area is 198 Å². The third-order valence-corrected chi connectivity index (χ3v) is 4.77. The maximum atomic E-state index is 12.8. The minimum atomic E-state index is -4.38. The first-order valence-electron chi connectivity index (χ1n) is 10.2. The fraction of sp³-hybridized carbons (Fsp3) is 0.545. The van der Waals surface area contributed by atoms with Gasteiger partial charge in [-0.25, -0.2) is 4.99 Å². The zero-order valence-electron chi connectivity index (χ0n) is 17.7. The SMILES string of the molecule is CCNC(=NCC#Cc1cccc(C(F)(F)F)c1)NC1CCC(C(=O)OCC)CC1.I. The number of nitrogens with zero attached hydrogens (tertiary/aromatic N) is 1. The van der Waals surface area contributed by atoms with Crippen LogP contribution in [0.3, 0.4) is 0 Å². The largest absolute Gasteiger partial charge is 0.466 e. The smallest absolute Gasteiger partial charge is 0.416 e. The summed E-state index contributed by atoms with van der Waals surface area (Å²) in [5.41, 5.74) is -0.415. The van der Waals surface area contributed by atoms with E-state index in [2.05, 4.69) is 27.5 Å². The summed E-state index contributed by atoms with van der Waals surface area (Å²) in [7, 11) is 0. The minimum absolute atomic E-state index is 0. The van der Waals surface area contributed by atoms with E-state index in [0.29, 0.717) is 24.7 Å². The summed E-state index contributed by atoms with van der Waals surface area (Å²) in [6.07, 6.45) is -1.17. The molecule has 0 radical (unpaired) electrons. The van der Waals surface area contributed by atoms with Gasteiger partial charge in [0.25, 0.3) is 0 Å². The number of benzene rings is 1. The second-order valence-electron chi connectivity index (χ2n) is 7.02. The number of hydrogen-bond donors (Lipinski definition) is 2. The van der Waals surface area contributed by atoms with Crippen LogP contribution >= 0.6 is 24.0 Å². The van der Waals surface area contributed by atoms with Crippen molar-refractivity contribution in [1.82, 2.24) is 10.6 Å². The summed E-state index contributed by atoms with van der Waals surface area (Å²) in [5.74, 6) is 5.96. The Morgan fingerprint density at radius 1 is 1.23 bits per heavy atom. The van der Waals surface area contributed by atoms with Crippen LogP contribution in [0.25, 0.3) is 0 Å². The van der Waals surface area contributed by atoms with Crippen LogP contribution in [0.2, 0.25) is 0 Å². The maximum Gasteiger partial charge on any atom is 0.416 e. The van der Waals surface area contributed by atoms with Crippen LogP contribution < -0.4 is 10.6 Å². The number of carbonyl (C=O) groups excluding carboxylic acids is 1. The first kappa shape index (κ1) is 27.1. The first-order valence-corrected chi connectivity index (χ1v) is 10.2. The number of rotatable bonds is 5. The van der Waals surface area contributed by atoms with Gasteiger partial charge in [-0.1, -0.05) is 17.9 Å². The van der Waals surface area contributed by atoms with Crippen LogP contribution in [0.15, 0.2) is 29.3 Å². The molecule has 31 heavy (non-hydrogen) atoms. The number of alkyl halides is 3. The van der Waals surface area contributed by atoms with Crippen LogP contribution in [-0.4, -0.2) is 37.7 Å². The van der Waals surface area contributed by atoms with Crippen molar-refractivity contribution in [2.45, 2.75) is 51.7 Å². The van der Waals surface area contributed by atoms with Crippen molar-refractivity contribution in [1.29, 1.82) is 0 Å². The number of halogens is 4. The highest BCUT2D eigenvalue weighted by Gasteiger charge is 2.30. The van der Waals surface area contributed by atoms with Gasteiger partial charge in [-0.15, -0.1) is 24.0 Å². The average Bonchev–Trinajstić information content (AvgIpc) is 2.71. The highest BCUT2D eigenvalue weighted by molar-refractivity contribution is 14.0. The Kier molecular flexibility index (Phi) is 11.7. The molecule has 1 aliphatic rings. The standard InChI is InChI=1S/C22H28F3N3O2.HI/c1-3-26-21(28-19-12-10-17(11-13-19)20(29)30-4-2)27-14-6-8-16-7-5-9-18(15-16)22(23,24)25;/h5,7,9,15,17,19H,3-4,10-14H2,1-2H3,(H2,26,27,28);1H. The zero-order valence-corrected chi connectivity index (χ0v) is 20.1. The van der Waals surface area contributed by atoms with Crippen molar-refractivity contribution >= 4 is 35.9 Å². The summed E-state index contributed by atoms with van der Waals surface area (Å²) in [4.78, 5) is 16.2. The van der Waals surface area contributed by atoms with E-state index < -0.39 is 11.7 Å². The van der Waals surface area contributed by atoms with Gasteiger partial charge in [0.2, 0.25) is 0 Å². The maximum absolute atomic E-state index is 12.8. The van der Waals surface area contributed by atoms with E-state index in [-0.39, 0.29) is 48.5 Å². The number of aliphatic imine (C=N–C) groups is 1. The molecule has 0 amide bonds. The minimum Gasteiger partial charge on any atom is -0.466 e. The van der Waals surface area contributed by atoms with Gasteiger partial charge in [-0.2, -0.15) is 13.2 Å². The molecule has 0 atom stereocenters. The molecule has 0 spiro atoms. The fourth-order valence-corrected chi connectivity index (χ4v) is 3.28. The van der Waals surface area contributed by atoms with Gasteiger partial charge in [-0.05, 0) is 57.7 Å². The molecule has 9 heteroatoms. The number of carbonyl (C=O) groups is 1. The van der Waals surface area contributed by atoms with Gasteiger partial charge in [0, 0.05) is 18.2 Å². The molecule has 0 unspecified atom stereocenters. The van der Waals surface area contributed by atoms with Crippen LogP contribution in [0.5, 0.6) is 0 Å². The highest BCUT2D eigenvalue weighted by atomic mass is 127. The number of esters is 1. The summed E-state index contributed by atoms with van der Waals surface area (Å²) < 4.78 is 43.4. The van der Waals surface area contributed by atoms with E-state index in [0.717, 1.165) is 37.8 Å². The number of ether oxygens (including phenoxy) is 1. The number of hydrogen-bond acceptors (Lipinski definition) is 3. The summed E-state index contributed by atoms with van der Waals surface area (Å²) in [6, 6.07) is 5.13. The third kappa shape index (κ3) is 9.37. The molecule has 2 rings (SSSR count). The Morgan fingerprint density at radius 2 is 1.94 bits per heavy atom. The van der Waals surface area contributed by atoms with Gasteiger partial charge < -0.3 is 15.4 Å². The van der Waals surface area contributed by atoms with Crippen molar-refractivity contribution in [2.75, 3.05) is 19.7 Å². The van der Waals surface area contributed by atoms with Gasteiger partial charge in [0.15, 0.2) is 5.96 Å². The van der Waals surface area contributed by atoms with Crippen LogP contribution in [0.4, 0.5) is 13.2 Å². The Hall–Kier alpha value is -1.96. The predicted molar refractivity (Wildman–Crippen MR) is 125 cm³/mol.